The van der Waals surface area contributed by atoms with Crippen molar-refractivity contribution in [1.82, 2.24) is 10.0 Å². The molecule has 0 amide bonds. The van der Waals surface area contributed by atoms with Crippen molar-refractivity contribution in [2.45, 2.75) is 6.42 Å². The molecule has 0 aromatic heterocycles. The van der Waals surface area contributed by atoms with Gasteiger partial charge in [0.15, 0.2) is 0 Å². The summed E-state index contributed by atoms with van der Waals surface area (Å²) in [5, 5.41) is 2.81. The quantitative estimate of drug-likeness (QED) is 0.718. The summed E-state index contributed by atoms with van der Waals surface area (Å²) in [4.78, 5) is 0. The molecular formula is C12H20N2O3S. The molecule has 0 fully saturated rings. The molecule has 0 saturated carbocycles. The van der Waals surface area contributed by atoms with Crippen LogP contribution in [0.1, 0.15) is 5.56 Å². The lowest BCUT2D eigenvalue weighted by Crippen LogP contribution is -2.32. The molecular weight excluding hydrogens is 252 g/mol. The molecule has 102 valence electrons. The van der Waals surface area contributed by atoms with Crippen LogP contribution in [-0.2, 0) is 16.4 Å². The number of ether oxygens (including phenoxy) is 1. The molecule has 5 nitrogen and oxygen atoms in total. The van der Waals surface area contributed by atoms with Gasteiger partial charge >= 0.3 is 0 Å². The summed E-state index contributed by atoms with van der Waals surface area (Å²) < 4.78 is 30.6. The first-order valence-corrected chi connectivity index (χ1v) is 7.47. The number of nitrogens with one attached hydrogen (secondary N) is 2. The van der Waals surface area contributed by atoms with E-state index in [1.54, 1.807) is 14.2 Å². The number of rotatable bonds is 8. The van der Waals surface area contributed by atoms with E-state index in [4.69, 9.17) is 4.74 Å². The van der Waals surface area contributed by atoms with Crippen LogP contribution >= 0.6 is 0 Å². The number of hydrogen-bond acceptors (Lipinski definition) is 4. The summed E-state index contributed by atoms with van der Waals surface area (Å²) in [6.07, 6.45) is 0.669. The topological polar surface area (TPSA) is 67.4 Å². The maximum Gasteiger partial charge on any atom is 0.212 e. The highest BCUT2D eigenvalue weighted by atomic mass is 32.2. The third-order valence-electron chi connectivity index (χ3n) is 2.52. The molecule has 1 aromatic rings. The van der Waals surface area contributed by atoms with Crippen molar-refractivity contribution >= 4 is 10.0 Å². The Hall–Kier alpha value is -1.11. The lowest BCUT2D eigenvalue weighted by atomic mass is 10.1. The zero-order valence-electron chi connectivity index (χ0n) is 10.8. The molecule has 0 aliphatic heterocycles. The predicted octanol–water partition coefficient (Wildman–Crippen LogP) is 0.377. The van der Waals surface area contributed by atoms with E-state index < -0.39 is 10.0 Å². The van der Waals surface area contributed by atoms with E-state index >= 15 is 0 Å². The van der Waals surface area contributed by atoms with E-state index in [-0.39, 0.29) is 5.75 Å². The Morgan fingerprint density at radius 2 is 1.83 bits per heavy atom. The van der Waals surface area contributed by atoms with Crippen LogP contribution in [0.4, 0.5) is 0 Å². The second kappa shape index (κ2) is 7.35. The maximum atomic E-state index is 11.5. The monoisotopic (exact) mass is 272 g/mol. The van der Waals surface area contributed by atoms with E-state index in [1.807, 2.05) is 24.3 Å². The largest absolute Gasteiger partial charge is 0.497 e. The summed E-state index contributed by atoms with van der Waals surface area (Å²) in [5.41, 5.74) is 1.08. The molecule has 0 atom stereocenters. The fraction of sp³-hybridized carbons (Fsp3) is 0.500. The number of benzene rings is 1. The van der Waals surface area contributed by atoms with Crippen LogP contribution in [-0.4, -0.2) is 41.4 Å². The third kappa shape index (κ3) is 5.48. The smallest absolute Gasteiger partial charge is 0.212 e. The van der Waals surface area contributed by atoms with Crippen LogP contribution in [0.5, 0.6) is 5.75 Å². The summed E-state index contributed by atoms with van der Waals surface area (Å²) in [6.45, 7) is 0.871. The van der Waals surface area contributed by atoms with Crippen LogP contribution < -0.4 is 14.8 Å². The molecule has 0 saturated heterocycles. The summed E-state index contributed by atoms with van der Waals surface area (Å²) in [5.74, 6) is 0.903. The lowest BCUT2D eigenvalue weighted by Gasteiger charge is -2.07. The van der Waals surface area contributed by atoms with Gasteiger partial charge in [-0.25, -0.2) is 13.1 Å². The van der Waals surface area contributed by atoms with Gasteiger partial charge in [0.05, 0.1) is 12.9 Å². The first-order valence-electron chi connectivity index (χ1n) is 5.82. The van der Waals surface area contributed by atoms with Gasteiger partial charge < -0.3 is 10.1 Å². The Balaban J connectivity index is 2.36. The Bertz CT molecular complexity index is 443. The van der Waals surface area contributed by atoms with E-state index in [2.05, 4.69) is 10.0 Å². The fourth-order valence-electron chi connectivity index (χ4n) is 1.45. The number of hydrogen-bond donors (Lipinski definition) is 2. The van der Waals surface area contributed by atoms with Crippen LogP contribution in [0, 0.1) is 0 Å². The van der Waals surface area contributed by atoms with Gasteiger partial charge in [-0.2, -0.15) is 0 Å². The molecule has 0 radical (unpaired) electrons. The number of sulfonamides is 1. The zero-order valence-corrected chi connectivity index (χ0v) is 11.6. The fourth-order valence-corrected chi connectivity index (χ4v) is 2.48. The van der Waals surface area contributed by atoms with Gasteiger partial charge in [-0.3, -0.25) is 0 Å². The van der Waals surface area contributed by atoms with E-state index in [9.17, 15) is 8.42 Å². The first-order chi connectivity index (χ1) is 8.57. The van der Waals surface area contributed by atoms with Crippen LogP contribution in [0.2, 0.25) is 0 Å². The van der Waals surface area contributed by atoms with Crippen molar-refractivity contribution < 1.29 is 13.2 Å². The minimum atomic E-state index is -3.16. The molecule has 0 unspecified atom stereocenters. The Morgan fingerprint density at radius 1 is 1.17 bits per heavy atom. The molecule has 1 rings (SSSR count). The van der Waals surface area contributed by atoms with Crippen LogP contribution in [0.25, 0.3) is 0 Å². The lowest BCUT2D eigenvalue weighted by molar-refractivity contribution is 0.414. The second-order valence-electron chi connectivity index (χ2n) is 3.91. The normalized spacial score (nSPS) is 11.4. The third-order valence-corrected chi connectivity index (χ3v) is 3.90. The average Bonchev–Trinajstić information content (AvgIpc) is 2.37. The summed E-state index contributed by atoms with van der Waals surface area (Å²) in [7, 11) is 0.181. The summed E-state index contributed by atoms with van der Waals surface area (Å²) in [6, 6.07) is 7.59. The molecule has 0 spiro atoms. The van der Waals surface area contributed by atoms with Gasteiger partial charge in [0.25, 0.3) is 0 Å². The van der Waals surface area contributed by atoms with Crippen molar-refractivity contribution in [3.05, 3.63) is 29.8 Å². The van der Waals surface area contributed by atoms with Gasteiger partial charge in [0.1, 0.15) is 5.75 Å². The minimum Gasteiger partial charge on any atom is -0.497 e. The zero-order chi connectivity index (χ0) is 13.4. The average molecular weight is 272 g/mol. The highest BCUT2D eigenvalue weighted by molar-refractivity contribution is 7.89. The van der Waals surface area contributed by atoms with E-state index in [0.717, 1.165) is 11.3 Å². The van der Waals surface area contributed by atoms with Crippen molar-refractivity contribution in [2.75, 3.05) is 33.0 Å². The van der Waals surface area contributed by atoms with Crippen LogP contribution in [0.15, 0.2) is 24.3 Å². The van der Waals surface area contributed by atoms with Gasteiger partial charge in [0, 0.05) is 13.1 Å². The predicted molar refractivity (Wildman–Crippen MR) is 72.4 cm³/mol. The SMILES string of the molecule is CNCCS(=O)(=O)NCCc1ccc(OC)cc1. The van der Waals surface area contributed by atoms with Crippen molar-refractivity contribution in [3.8, 4) is 5.75 Å². The molecule has 0 aliphatic rings. The highest BCUT2D eigenvalue weighted by Crippen LogP contribution is 2.11. The highest BCUT2D eigenvalue weighted by Gasteiger charge is 2.08. The number of methoxy groups -OCH3 is 1. The van der Waals surface area contributed by atoms with Crippen molar-refractivity contribution in [3.63, 3.8) is 0 Å². The van der Waals surface area contributed by atoms with Gasteiger partial charge in [-0.1, -0.05) is 12.1 Å². The Morgan fingerprint density at radius 3 is 2.39 bits per heavy atom. The molecule has 1 aromatic carbocycles. The first kappa shape index (κ1) is 14.9. The van der Waals surface area contributed by atoms with E-state index in [0.29, 0.717) is 19.5 Å². The molecule has 0 heterocycles. The molecule has 0 bridgehead atoms. The molecule has 2 N–H and O–H groups in total. The molecule has 6 heteroatoms. The standard InChI is InChI=1S/C12H20N2O3S/c1-13-9-10-18(15,16)14-8-7-11-3-5-12(17-2)6-4-11/h3-6,13-14H,7-10H2,1-2H3. The van der Waals surface area contributed by atoms with Gasteiger partial charge in [0.2, 0.25) is 10.0 Å². The Labute approximate surface area is 109 Å². The minimum absolute atomic E-state index is 0.103. The Kier molecular flexibility index (Phi) is 6.11. The van der Waals surface area contributed by atoms with Gasteiger partial charge in [-0.15, -0.1) is 0 Å². The van der Waals surface area contributed by atoms with Crippen LogP contribution in [0.3, 0.4) is 0 Å². The van der Waals surface area contributed by atoms with Crippen molar-refractivity contribution in [2.24, 2.45) is 0 Å². The van der Waals surface area contributed by atoms with Crippen molar-refractivity contribution in [1.29, 1.82) is 0 Å². The second-order valence-corrected chi connectivity index (χ2v) is 5.84. The summed E-state index contributed by atoms with van der Waals surface area (Å²) >= 11 is 0. The molecule has 0 aliphatic carbocycles. The van der Waals surface area contributed by atoms with E-state index in [1.165, 1.54) is 0 Å². The molecule has 18 heavy (non-hydrogen) atoms. The maximum absolute atomic E-state index is 11.5. The van der Waals surface area contributed by atoms with Gasteiger partial charge in [-0.05, 0) is 31.2 Å².